The van der Waals surface area contributed by atoms with Crippen LogP contribution < -0.4 is 9.47 Å². The maximum Gasteiger partial charge on any atom is 0.344 e. The van der Waals surface area contributed by atoms with Gasteiger partial charge in [0.05, 0.1) is 11.1 Å². The Morgan fingerprint density at radius 1 is 0.731 bits per heavy atom. The summed E-state index contributed by atoms with van der Waals surface area (Å²) in [6.45, 7) is 1.90. The van der Waals surface area contributed by atoms with Gasteiger partial charge in [-0.15, -0.1) is 0 Å². The van der Waals surface area contributed by atoms with Crippen molar-refractivity contribution in [3.8, 4) is 11.5 Å². The van der Waals surface area contributed by atoms with E-state index in [0.717, 1.165) is 10.0 Å². The first-order valence-electron chi connectivity index (χ1n) is 7.88. The number of carbonyl (C=O) groups excluding carboxylic acids is 2. The highest BCUT2D eigenvalue weighted by atomic mass is 79.9. The highest BCUT2D eigenvalue weighted by Gasteiger charge is 2.20. The lowest BCUT2D eigenvalue weighted by Gasteiger charge is -2.10. The van der Waals surface area contributed by atoms with E-state index in [1.54, 1.807) is 54.6 Å². The number of ether oxygens (including phenoxy) is 2. The zero-order valence-electron chi connectivity index (χ0n) is 13.9. The van der Waals surface area contributed by atoms with E-state index in [1.807, 2.05) is 13.0 Å². The Morgan fingerprint density at radius 3 is 1.88 bits per heavy atom. The molecule has 0 aliphatic carbocycles. The maximum absolute atomic E-state index is 12.5. The second-order valence-corrected chi connectivity index (χ2v) is 6.51. The van der Waals surface area contributed by atoms with Crippen molar-refractivity contribution in [2.75, 3.05) is 0 Å². The van der Waals surface area contributed by atoms with Gasteiger partial charge in [0.15, 0.2) is 0 Å². The van der Waals surface area contributed by atoms with Gasteiger partial charge in [0.1, 0.15) is 11.5 Å². The molecule has 0 radical (unpaired) electrons. The molecule has 0 spiro atoms. The van der Waals surface area contributed by atoms with Crippen molar-refractivity contribution < 1.29 is 19.1 Å². The summed E-state index contributed by atoms with van der Waals surface area (Å²) in [5.74, 6) is -0.422. The van der Waals surface area contributed by atoms with Gasteiger partial charge in [0, 0.05) is 4.47 Å². The Hall–Kier alpha value is -2.92. The van der Waals surface area contributed by atoms with Gasteiger partial charge in [-0.1, -0.05) is 40.2 Å². The van der Waals surface area contributed by atoms with Crippen LogP contribution in [0.4, 0.5) is 0 Å². The number of rotatable bonds is 4. The summed E-state index contributed by atoms with van der Waals surface area (Å²) in [6, 6.07) is 20.4. The maximum atomic E-state index is 12.5. The lowest BCUT2D eigenvalue weighted by Crippen LogP contribution is -2.17. The Kier molecular flexibility index (Phi) is 5.49. The molecule has 0 aliphatic heterocycles. The molecule has 0 N–H and O–H groups in total. The van der Waals surface area contributed by atoms with Crippen molar-refractivity contribution in [2.24, 2.45) is 0 Å². The zero-order chi connectivity index (χ0) is 18.5. The Labute approximate surface area is 159 Å². The van der Waals surface area contributed by atoms with Gasteiger partial charge in [0.25, 0.3) is 0 Å². The largest absolute Gasteiger partial charge is 0.423 e. The van der Waals surface area contributed by atoms with E-state index in [9.17, 15) is 9.59 Å². The van der Waals surface area contributed by atoms with E-state index in [4.69, 9.17) is 9.47 Å². The van der Waals surface area contributed by atoms with Gasteiger partial charge in [-0.2, -0.15) is 0 Å². The predicted octanol–water partition coefficient (Wildman–Crippen LogP) is 5.20. The lowest BCUT2D eigenvalue weighted by atomic mass is 10.1. The highest BCUT2D eigenvalue weighted by molar-refractivity contribution is 9.10. The molecule has 4 nitrogen and oxygen atoms in total. The zero-order valence-corrected chi connectivity index (χ0v) is 15.5. The highest BCUT2D eigenvalue weighted by Crippen LogP contribution is 2.20. The molecule has 0 unspecified atom stereocenters. The smallest absolute Gasteiger partial charge is 0.344 e. The van der Waals surface area contributed by atoms with Crippen molar-refractivity contribution in [2.45, 2.75) is 6.92 Å². The van der Waals surface area contributed by atoms with Crippen LogP contribution in [0, 0.1) is 6.92 Å². The van der Waals surface area contributed by atoms with Gasteiger partial charge in [-0.3, -0.25) is 0 Å². The summed E-state index contributed by atoms with van der Waals surface area (Å²) in [7, 11) is 0. The van der Waals surface area contributed by atoms with Crippen LogP contribution in [-0.4, -0.2) is 11.9 Å². The predicted molar refractivity (Wildman–Crippen MR) is 102 cm³/mol. The molecule has 0 aliphatic rings. The monoisotopic (exact) mass is 410 g/mol. The summed E-state index contributed by atoms with van der Waals surface area (Å²) in [5.41, 5.74) is 1.27. The van der Waals surface area contributed by atoms with Crippen molar-refractivity contribution in [3.05, 3.63) is 94.0 Å². The van der Waals surface area contributed by atoms with Gasteiger partial charge in [-0.25, -0.2) is 9.59 Å². The second kappa shape index (κ2) is 7.97. The molecular weight excluding hydrogens is 396 g/mol. The average molecular weight is 411 g/mol. The molecule has 0 aromatic heterocycles. The third-order valence-electron chi connectivity index (χ3n) is 3.59. The lowest BCUT2D eigenvalue weighted by molar-refractivity contribution is 0.0692. The molecule has 0 saturated carbocycles. The Morgan fingerprint density at radius 2 is 1.31 bits per heavy atom. The van der Waals surface area contributed by atoms with E-state index in [1.165, 1.54) is 12.1 Å². The first kappa shape index (κ1) is 17.9. The number of carbonyl (C=O) groups is 2. The molecule has 0 saturated heterocycles. The molecule has 0 fully saturated rings. The van der Waals surface area contributed by atoms with E-state index >= 15 is 0 Å². The van der Waals surface area contributed by atoms with E-state index in [-0.39, 0.29) is 11.1 Å². The molecule has 130 valence electrons. The van der Waals surface area contributed by atoms with E-state index < -0.39 is 11.9 Å². The van der Waals surface area contributed by atoms with Gasteiger partial charge < -0.3 is 9.47 Å². The minimum absolute atomic E-state index is 0.146. The molecule has 3 rings (SSSR count). The number of aryl methyl sites for hydroxylation is 1. The molecule has 5 heteroatoms. The number of esters is 2. The number of benzene rings is 3. The Balaban J connectivity index is 1.81. The minimum atomic E-state index is -0.621. The number of hydrogen-bond acceptors (Lipinski definition) is 4. The van der Waals surface area contributed by atoms with Gasteiger partial charge in [0.2, 0.25) is 0 Å². The summed E-state index contributed by atoms with van der Waals surface area (Å²) in [6.07, 6.45) is 0. The van der Waals surface area contributed by atoms with E-state index in [2.05, 4.69) is 15.9 Å². The summed E-state index contributed by atoms with van der Waals surface area (Å²) in [4.78, 5) is 25.0. The van der Waals surface area contributed by atoms with Crippen LogP contribution in [0.3, 0.4) is 0 Å². The SMILES string of the molecule is Cc1cccc(OC(=O)c2ccccc2C(=O)Oc2ccc(Br)cc2)c1. The third kappa shape index (κ3) is 4.37. The second-order valence-electron chi connectivity index (χ2n) is 5.60. The molecule has 0 bridgehead atoms. The molecular formula is C21H15BrO4. The summed E-state index contributed by atoms with van der Waals surface area (Å²) >= 11 is 3.32. The first-order chi connectivity index (χ1) is 12.5. The fraction of sp³-hybridized carbons (Fsp3) is 0.0476. The molecule has 26 heavy (non-hydrogen) atoms. The van der Waals surface area contributed by atoms with E-state index in [0.29, 0.717) is 11.5 Å². The molecule has 3 aromatic carbocycles. The van der Waals surface area contributed by atoms with Gasteiger partial charge >= 0.3 is 11.9 Å². The molecule has 0 heterocycles. The average Bonchev–Trinajstić information content (AvgIpc) is 2.63. The molecule has 0 amide bonds. The number of hydrogen-bond donors (Lipinski definition) is 0. The van der Waals surface area contributed by atoms with Crippen LogP contribution in [-0.2, 0) is 0 Å². The van der Waals surface area contributed by atoms with Crippen LogP contribution in [0.15, 0.2) is 77.3 Å². The van der Waals surface area contributed by atoms with Crippen LogP contribution in [0.5, 0.6) is 11.5 Å². The van der Waals surface area contributed by atoms with Crippen LogP contribution in [0.1, 0.15) is 26.3 Å². The van der Waals surface area contributed by atoms with Crippen LogP contribution in [0.25, 0.3) is 0 Å². The third-order valence-corrected chi connectivity index (χ3v) is 4.12. The number of halogens is 1. The molecule has 0 atom stereocenters. The first-order valence-corrected chi connectivity index (χ1v) is 8.68. The van der Waals surface area contributed by atoms with Crippen molar-refractivity contribution >= 4 is 27.9 Å². The Bertz CT molecular complexity index is 948. The van der Waals surface area contributed by atoms with Crippen LogP contribution in [0.2, 0.25) is 0 Å². The summed E-state index contributed by atoms with van der Waals surface area (Å²) < 4.78 is 11.6. The normalized spacial score (nSPS) is 10.2. The topological polar surface area (TPSA) is 52.6 Å². The standard InChI is InChI=1S/C21H15BrO4/c1-14-5-4-6-17(13-14)26-21(24)19-8-3-2-7-18(19)20(23)25-16-11-9-15(22)10-12-16/h2-13H,1H3. The van der Waals surface area contributed by atoms with Crippen molar-refractivity contribution in [3.63, 3.8) is 0 Å². The summed E-state index contributed by atoms with van der Waals surface area (Å²) in [5, 5.41) is 0. The minimum Gasteiger partial charge on any atom is -0.423 e. The molecule has 3 aromatic rings. The van der Waals surface area contributed by atoms with Crippen molar-refractivity contribution in [1.82, 2.24) is 0 Å². The van der Waals surface area contributed by atoms with Crippen LogP contribution >= 0.6 is 15.9 Å². The van der Waals surface area contributed by atoms with Gasteiger partial charge in [-0.05, 0) is 61.0 Å². The van der Waals surface area contributed by atoms with Crippen molar-refractivity contribution in [1.29, 1.82) is 0 Å². The quantitative estimate of drug-likeness (QED) is 0.438. The fourth-order valence-corrected chi connectivity index (χ4v) is 2.61. The fourth-order valence-electron chi connectivity index (χ4n) is 2.34.